The van der Waals surface area contributed by atoms with E-state index in [1.165, 1.54) is 5.56 Å². The molecule has 0 N–H and O–H groups in total. The van der Waals surface area contributed by atoms with Crippen LogP contribution in [-0.4, -0.2) is 19.2 Å². The Morgan fingerprint density at radius 1 is 1.35 bits per heavy atom. The minimum Gasteiger partial charge on any atom is -0.496 e. The average Bonchev–Trinajstić information content (AvgIpc) is 2.27. The monoisotopic (exact) mass is 236 g/mol. The second kappa shape index (κ2) is 6.28. The van der Waals surface area contributed by atoms with Crippen molar-refractivity contribution in [2.45, 2.75) is 39.7 Å². The summed E-state index contributed by atoms with van der Waals surface area (Å²) < 4.78 is 10.4. The Kier molecular flexibility index (Phi) is 5.01. The van der Waals surface area contributed by atoms with Gasteiger partial charge in [0.2, 0.25) is 0 Å². The zero-order valence-electron chi connectivity index (χ0n) is 10.9. The topological polar surface area (TPSA) is 35.5 Å². The fourth-order valence-electron chi connectivity index (χ4n) is 1.65. The summed E-state index contributed by atoms with van der Waals surface area (Å²) in [6.07, 6.45) is 1.12. The molecule has 1 rings (SSSR count). The molecule has 0 aliphatic heterocycles. The Hall–Kier alpha value is -1.51. The van der Waals surface area contributed by atoms with E-state index in [1.807, 2.05) is 32.0 Å². The Labute approximate surface area is 103 Å². The molecule has 94 valence electrons. The lowest BCUT2D eigenvalue weighted by Gasteiger charge is -2.11. The largest absolute Gasteiger partial charge is 0.496 e. The van der Waals surface area contributed by atoms with E-state index in [2.05, 4.69) is 6.92 Å². The van der Waals surface area contributed by atoms with Gasteiger partial charge in [0.15, 0.2) is 0 Å². The van der Waals surface area contributed by atoms with Crippen LogP contribution in [0.1, 0.15) is 31.9 Å². The van der Waals surface area contributed by atoms with E-state index in [-0.39, 0.29) is 18.5 Å². The molecule has 0 saturated carbocycles. The van der Waals surface area contributed by atoms with Gasteiger partial charge >= 0.3 is 5.97 Å². The van der Waals surface area contributed by atoms with Crippen LogP contribution in [0.15, 0.2) is 18.2 Å². The van der Waals surface area contributed by atoms with Crippen molar-refractivity contribution in [3.8, 4) is 5.75 Å². The fourth-order valence-corrected chi connectivity index (χ4v) is 1.65. The van der Waals surface area contributed by atoms with Gasteiger partial charge in [-0.25, -0.2) is 0 Å². The fraction of sp³-hybridized carbons (Fsp3) is 0.500. The summed E-state index contributed by atoms with van der Waals surface area (Å²) in [5, 5.41) is 0. The summed E-state index contributed by atoms with van der Waals surface area (Å²) in [6, 6.07) is 5.91. The first-order valence-corrected chi connectivity index (χ1v) is 5.92. The molecule has 0 heterocycles. The molecule has 0 radical (unpaired) electrons. The Morgan fingerprint density at radius 2 is 2.06 bits per heavy atom. The molecule has 3 heteroatoms. The molecule has 3 nitrogen and oxygen atoms in total. The van der Waals surface area contributed by atoms with Crippen molar-refractivity contribution >= 4 is 5.97 Å². The number of esters is 1. The van der Waals surface area contributed by atoms with Crippen LogP contribution in [0, 0.1) is 0 Å². The van der Waals surface area contributed by atoms with Gasteiger partial charge in [0.05, 0.1) is 19.6 Å². The molecule has 0 atom stereocenters. The van der Waals surface area contributed by atoms with E-state index in [0.717, 1.165) is 17.7 Å². The van der Waals surface area contributed by atoms with Crippen LogP contribution in [0.5, 0.6) is 5.75 Å². The van der Waals surface area contributed by atoms with E-state index < -0.39 is 0 Å². The maximum Gasteiger partial charge on any atom is 0.310 e. The third-order valence-corrected chi connectivity index (χ3v) is 2.45. The number of rotatable bonds is 5. The Morgan fingerprint density at radius 3 is 2.59 bits per heavy atom. The number of benzene rings is 1. The average molecular weight is 236 g/mol. The first-order chi connectivity index (χ1) is 8.06. The van der Waals surface area contributed by atoms with E-state index in [1.54, 1.807) is 7.11 Å². The number of carbonyl (C=O) groups is 1. The number of hydrogen-bond acceptors (Lipinski definition) is 3. The van der Waals surface area contributed by atoms with Crippen molar-refractivity contribution in [3.05, 3.63) is 29.3 Å². The molecular formula is C14H20O3. The standard InChI is InChI=1S/C14H20O3/c1-5-11-6-7-13(16-4)12(8-11)9-14(15)17-10(2)3/h6-8,10H,5,9H2,1-4H3. The number of aryl methyl sites for hydroxylation is 1. The van der Waals surface area contributed by atoms with Gasteiger partial charge < -0.3 is 9.47 Å². The predicted octanol–water partition coefficient (Wildman–Crippen LogP) is 2.75. The van der Waals surface area contributed by atoms with Crippen LogP contribution in [0.2, 0.25) is 0 Å². The minimum atomic E-state index is -0.216. The number of ether oxygens (including phenoxy) is 2. The van der Waals surface area contributed by atoms with E-state index in [9.17, 15) is 4.79 Å². The lowest BCUT2D eigenvalue weighted by Crippen LogP contribution is -2.14. The van der Waals surface area contributed by atoms with Crippen molar-refractivity contribution in [2.75, 3.05) is 7.11 Å². The maximum absolute atomic E-state index is 11.6. The first-order valence-electron chi connectivity index (χ1n) is 5.92. The summed E-state index contributed by atoms with van der Waals surface area (Å²) in [7, 11) is 1.61. The normalized spacial score (nSPS) is 10.4. The van der Waals surface area contributed by atoms with Gasteiger partial charge in [-0.05, 0) is 31.9 Å². The molecule has 0 amide bonds. The quantitative estimate of drug-likeness (QED) is 0.737. The van der Waals surface area contributed by atoms with Gasteiger partial charge in [0.25, 0.3) is 0 Å². The molecule has 0 aliphatic carbocycles. The number of methoxy groups -OCH3 is 1. The van der Waals surface area contributed by atoms with Crippen molar-refractivity contribution in [3.63, 3.8) is 0 Å². The highest BCUT2D eigenvalue weighted by molar-refractivity contribution is 5.73. The van der Waals surface area contributed by atoms with Gasteiger partial charge in [0.1, 0.15) is 5.75 Å². The zero-order valence-corrected chi connectivity index (χ0v) is 10.9. The molecular weight excluding hydrogens is 216 g/mol. The summed E-state index contributed by atoms with van der Waals surface area (Å²) in [4.78, 5) is 11.6. The summed E-state index contributed by atoms with van der Waals surface area (Å²) in [5.41, 5.74) is 2.08. The highest BCUT2D eigenvalue weighted by Crippen LogP contribution is 2.21. The van der Waals surface area contributed by atoms with Gasteiger partial charge in [0, 0.05) is 5.56 Å². The third-order valence-electron chi connectivity index (χ3n) is 2.45. The van der Waals surface area contributed by atoms with E-state index >= 15 is 0 Å². The van der Waals surface area contributed by atoms with Crippen LogP contribution in [0.4, 0.5) is 0 Å². The minimum absolute atomic E-state index is 0.0807. The highest BCUT2D eigenvalue weighted by Gasteiger charge is 2.11. The molecule has 0 unspecified atom stereocenters. The van der Waals surface area contributed by atoms with E-state index in [0.29, 0.717) is 0 Å². The van der Waals surface area contributed by atoms with Crippen molar-refractivity contribution in [2.24, 2.45) is 0 Å². The molecule has 0 fully saturated rings. The SMILES string of the molecule is CCc1ccc(OC)c(CC(=O)OC(C)C)c1. The van der Waals surface area contributed by atoms with Crippen LogP contribution in [0.3, 0.4) is 0 Å². The summed E-state index contributed by atoms with van der Waals surface area (Å²) in [5.74, 6) is 0.523. The number of hydrogen-bond donors (Lipinski definition) is 0. The second-order valence-corrected chi connectivity index (χ2v) is 4.22. The third kappa shape index (κ3) is 4.10. The number of carbonyl (C=O) groups excluding carboxylic acids is 1. The van der Waals surface area contributed by atoms with Crippen molar-refractivity contribution in [1.82, 2.24) is 0 Å². The van der Waals surface area contributed by atoms with Crippen LogP contribution in [-0.2, 0) is 22.4 Å². The van der Waals surface area contributed by atoms with Gasteiger partial charge in [-0.1, -0.05) is 19.1 Å². The second-order valence-electron chi connectivity index (χ2n) is 4.22. The molecule has 1 aromatic carbocycles. The summed E-state index contributed by atoms with van der Waals surface area (Å²) >= 11 is 0. The molecule has 1 aromatic rings. The predicted molar refractivity (Wildman–Crippen MR) is 67.3 cm³/mol. The van der Waals surface area contributed by atoms with E-state index in [4.69, 9.17) is 9.47 Å². The van der Waals surface area contributed by atoms with Gasteiger partial charge in [-0.3, -0.25) is 4.79 Å². The molecule has 0 bridgehead atoms. The molecule has 0 aliphatic rings. The van der Waals surface area contributed by atoms with Gasteiger partial charge in [-0.2, -0.15) is 0 Å². The summed E-state index contributed by atoms with van der Waals surface area (Å²) in [6.45, 7) is 5.77. The van der Waals surface area contributed by atoms with Crippen LogP contribution < -0.4 is 4.74 Å². The smallest absolute Gasteiger partial charge is 0.310 e. The highest BCUT2D eigenvalue weighted by atomic mass is 16.5. The Bertz CT molecular complexity index is 383. The van der Waals surface area contributed by atoms with Crippen molar-refractivity contribution in [1.29, 1.82) is 0 Å². The first kappa shape index (κ1) is 13.6. The lowest BCUT2D eigenvalue weighted by molar-refractivity contribution is -0.146. The van der Waals surface area contributed by atoms with Crippen molar-refractivity contribution < 1.29 is 14.3 Å². The maximum atomic E-state index is 11.6. The van der Waals surface area contributed by atoms with Gasteiger partial charge in [-0.15, -0.1) is 0 Å². The van der Waals surface area contributed by atoms with Crippen LogP contribution >= 0.6 is 0 Å². The van der Waals surface area contributed by atoms with Crippen LogP contribution in [0.25, 0.3) is 0 Å². The lowest BCUT2D eigenvalue weighted by atomic mass is 10.1. The molecule has 0 spiro atoms. The molecule has 17 heavy (non-hydrogen) atoms. The Balaban J connectivity index is 2.83. The molecule has 0 saturated heterocycles. The molecule has 0 aromatic heterocycles. The zero-order chi connectivity index (χ0) is 12.8.